The number of fused-ring (bicyclic) bond motifs is 2. The van der Waals surface area contributed by atoms with E-state index in [4.69, 9.17) is 15.7 Å². The summed E-state index contributed by atoms with van der Waals surface area (Å²) in [5.41, 5.74) is 1.87. The van der Waals surface area contributed by atoms with Gasteiger partial charge in [-0.1, -0.05) is 23.7 Å². The molecule has 4 nitrogen and oxygen atoms in total. The number of benzene rings is 2. The zero-order chi connectivity index (χ0) is 20.6. The Bertz CT molecular complexity index is 916. The van der Waals surface area contributed by atoms with E-state index in [-0.39, 0.29) is 0 Å². The molecule has 0 radical (unpaired) electrons. The summed E-state index contributed by atoms with van der Waals surface area (Å²) in [7, 11) is -1.21. The number of para-hydroxylation sites is 1. The Morgan fingerprint density at radius 2 is 1.81 bits per heavy atom. The molecule has 1 fully saturated rings. The maximum absolute atomic E-state index is 13.0. The third kappa shape index (κ3) is 3.54. The van der Waals surface area contributed by atoms with Crippen LogP contribution in [0.3, 0.4) is 0 Å². The van der Waals surface area contributed by atoms with Gasteiger partial charge in [-0.3, -0.25) is 0 Å². The van der Waals surface area contributed by atoms with Crippen molar-refractivity contribution in [3.8, 4) is 0 Å². The lowest BCUT2D eigenvalue weighted by Crippen LogP contribution is -2.45. The van der Waals surface area contributed by atoms with Gasteiger partial charge < -0.3 is 14.7 Å². The lowest BCUT2D eigenvalue weighted by atomic mass is 10.2. The molecule has 1 saturated heterocycles. The van der Waals surface area contributed by atoms with Crippen molar-refractivity contribution in [2.45, 2.75) is 16.2 Å². The Morgan fingerprint density at radius 1 is 1.04 bits per heavy atom. The maximum Gasteiger partial charge on any atom is 0.0892 e. The first kappa shape index (κ1) is 14.6. The van der Waals surface area contributed by atoms with Crippen molar-refractivity contribution in [1.82, 2.24) is 9.80 Å². The molecule has 2 aromatic rings. The zero-order valence-corrected chi connectivity index (χ0v) is 16.1. The van der Waals surface area contributed by atoms with Crippen LogP contribution in [0.5, 0.6) is 0 Å². The number of rotatable bonds is 4. The SMILES string of the molecule is [2H]C([2H])([2H])N1CCN(CCCN2c3ccccc3S(=O)c3ccc(Cl)cc32)CC1. The Hall–Kier alpha value is -1.40. The molecule has 2 aliphatic rings. The summed E-state index contributed by atoms with van der Waals surface area (Å²) < 4.78 is 35.6. The van der Waals surface area contributed by atoms with E-state index < -0.39 is 17.8 Å². The molecule has 4 rings (SSSR count). The first-order chi connectivity index (χ1) is 13.8. The van der Waals surface area contributed by atoms with Crippen molar-refractivity contribution >= 4 is 33.8 Å². The standard InChI is InChI=1S/C20H24ClN3OS/c1-22-11-13-23(14-12-22)9-4-10-24-17-5-2-3-6-19(17)26(25)20-8-7-16(21)15-18(20)24/h2-3,5-8,15H,4,9-14H2,1H3/i1D3. The monoisotopic (exact) mass is 392 g/mol. The highest BCUT2D eigenvalue weighted by atomic mass is 35.5. The predicted octanol–water partition coefficient (Wildman–Crippen LogP) is 3.60. The lowest BCUT2D eigenvalue weighted by Gasteiger charge is -2.35. The molecule has 0 saturated carbocycles. The fourth-order valence-corrected chi connectivity index (χ4v) is 5.13. The van der Waals surface area contributed by atoms with E-state index in [9.17, 15) is 4.21 Å². The van der Waals surface area contributed by atoms with Gasteiger partial charge in [0.25, 0.3) is 0 Å². The van der Waals surface area contributed by atoms with E-state index >= 15 is 0 Å². The van der Waals surface area contributed by atoms with Crippen molar-refractivity contribution in [2.75, 3.05) is 51.1 Å². The zero-order valence-electron chi connectivity index (χ0n) is 17.5. The van der Waals surface area contributed by atoms with Crippen LogP contribution < -0.4 is 4.90 Å². The van der Waals surface area contributed by atoms with Gasteiger partial charge in [-0.25, -0.2) is 4.21 Å². The second-order valence-corrected chi connectivity index (χ2v) is 8.54. The second kappa shape index (κ2) is 7.69. The van der Waals surface area contributed by atoms with E-state index in [0.717, 1.165) is 53.8 Å². The predicted molar refractivity (Wildman–Crippen MR) is 108 cm³/mol. The first-order valence-corrected chi connectivity index (χ1v) is 10.4. The summed E-state index contributed by atoms with van der Waals surface area (Å²) in [6, 6.07) is 13.3. The molecule has 0 spiro atoms. The van der Waals surface area contributed by atoms with Gasteiger partial charge in [-0.05, 0) is 50.3 Å². The molecular weight excluding hydrogens is 366 g/mol. The third-order valence-corrected chi connectivity index (χ3v) is 6.72. The molecule has 138 valence electrons. The number of likely N-dealkylation sites (N-methyl/N-ethyl adjacent to an activating group) is 1. The van der Waals surface area contributed by atoms with Gasteiger partial charge in [0.1, 0.15) is 0 Å². The van der Waals surface area contributed by atoms with Crippen LogP contribution in [-0.4, -0.2) is 60.3 Å². The first-order valence-electron chi connectivity index (χ1n) is 10.4. The van der Waals surface area contributed by atoms with Crippen LogP contribution in [0, 0.1) is 0 Å². The van der Waals surface area contributed by atoms with Gasteiger partial charge in [0.2, 0.25) is 0 Å². The topological polar surface area (TPSA) is 26.8 Å². The van der Waals surface area contributed by atoms with Crippen LogP contribution in [-0.2, 0) is 10.8 Å². The summed E-state index contributed by atoms with van der Waals surface area (Å²) in [6.07, 6.45) is 0.917. The molecule has 1 atom stereocenters. The molecular formula is C20H24ClN3OS. The highest BCUT2D eigenvalue weighted by Gasteiger charge is 2.28. The van der Waals surface area contributed by atoms with Crippen molar-refractivity contribution in [3.63, 3.8) is 0 Å². The smallest absolute Gasteiger partial charge is 0.0892 e. The third-order valence-electron chi connectivity index (χ3n) is 5.00. The Morgan fingerprint density at radius 3 is 2.62 bits per heavy atom. The molecule has 0 aliphatic carbocycles. The van der Waals surface area contributed by atoms with Crippen LogP contribution in [0.1, 0.15) is 10.5 Å². The van der Waals surface area contributed by atoms with Crippen LogP contribution in [0.4, 0.5) is 11.4 Å². The summed E-state index contributed by atoms with van der Waals surface area (Å²) in [4.78, 5) is 7.71. The van der Waals surface area contributed by atoms with Crippen LogP contribution in [0.15, 0.2) is 52.3 Å². The number of hydrogen-bond donors (Lipinski definition) is 0. The minimum absolute atomic E-state index is 0.570. The number of nitrogens with zero attached hydrogens (tertiary/aromatic N) is 3. The minimum atomic E-state index is -2.00. The van der Waals surface area contributed by atoms with Gasteiger partial charge >= 0.3 is 0 Å². The molecule has 1 unspecified atom stereocenters. The van der Waals surface area contributed by atoms with Crippen LogP contribution in [0.2, 0.25) is 5.02 Å². The summed E-state index contributed by atoms with van der Waals surface area (Å²) in [6.45, 7) is 2.35. The molecule has 0 aromatic heterocycles. The van der Waals surface area contributed by atoms with Crippen molar-refractivity contribution in [2.24, 2.45) is 0 Å². The van der Waals surface area contributed by atoms with E-state index in [1.54, 1.807) is 11.0 Å². The van der Waals surface area contributed by atoms with Gasteiger partial charge in [-0.15, -0.1) is 0 Å². The Balaban J connectivity index is 1.45. The number of halogens is 1. The number of hydrogen-bond acceptors (Lipinski definition) is 4. The molecule has 2 aromatic carbocycles. The van der Waals surface area contributed by atoms with Gasteiger partial charge in [-0.2, -0.15) is 0 Å². The molecule has 0 amide bonds. The Labute approximate surface area is 167 Å². The molecule has 6 heteroatoms. The lowest BCUT2D eigenvalue weighted by molar-refractivity contribution is 0.153. The summed E-state index contributed by atoms with van der Waals surface area (Å²) in [5.74, 6) is 0. The molecule has 2 aliphatic heterocycles. The Kier molecular flexibility index (Phi) is 4.33. The highest BCUT2D eigenvalue weighted by molar-refractivity contribution is 7.85. The van der Waals surface area contributed by atoms with E-state index in [0.29, 0.717) is 18.1 Å². The number of anilines is 2. The fraction of sp³-hybridized carbons (Fsp3) is 0.400. The molecule has 0 bridgehead atoms. The average Bonchev–Trinajstić information content (AvgIpc) is 2.70. The average molecular weight is 393 g/mol. The maximum atomic E-state index is 13.0. The van der Waals surface area contributed by atoms with Crippen molar-refractivity contribution in [3.05, 3.63) is 47.5 Å². The van der Waals surface area contributed by atoms with Crippen LogP contribution in [0.25, 0.3) is 0 Å². The van der Waals surface area contributed by atoms with Gasteiger partial charge in [0, 0.05) is 41.9 Å². The normalized spacial score (nSPS) is 22.9. The quantitative estimate of drug-likeness (QED) is 0.794. The minimum Gasteiger partial charge on any atom is -0.339 e. The van der Waals surface area contributed by atoms with Crippen molar-refractivity contribution in [1.29, 1.82) is 0 Å². The summed E-state index contributed by atoms with van der Waals surface area (Å²) >= 11 is 6.24. The number of piperazine rings is 1. The van der Waals surface area contributed by atoms with E-state index in [1.165, 1.54) is 0 Å². The largest absolute Gasteiger partial charge is 0.339 e. The van der Waals surface area contributed by atoms with Crippen LogP contribution >= 0.6 is 11.6 Å². The molecule has 0 N–H and O–H groups in total. The second-order valence-electron chi connectivity index (χ2n) is 6.68. The molecule has 26 heavy (non-hydrogen) atoms. The molecule has 2 heterocycles. The summed E-state index contributed by atoms with van der Waals surface area (Å²) in [5, 5.41) is 0.630. The fourth-order valence-electron chi connectivity index (χ4n) is 3.61. The van der Waals surface area contributed by atoms with E-state index in [2.05, 4.69) is 9.80 Å². The van der Waals surface area contributed by atoms with Gasteiger partial charge in [0.05, 0.1) is 32.0 Å². The van der Waals surface area contributed by atoms with Gasteiger partial charge in [0.15, 0.2) is 0 Å². The van der Waals surface area contributed by atoms with Crippen molar-refractivity contribution < 1.29 is 8.32 Å². The highest BCUT2D eigenvalue weighted by Crippen LogP contribution is 2.42. The van der Waals surface area contributed by atoms with E-state index in [1.807, 2.05) is 36.4 Å².